The lowest BCUT2D eigenvalue weighted by atomic mass is 9.78. The van der Waals surface area contributed by atoms with Gasteiger partial charge in [0, 0.05) is 12.0 Å². The topological polar surface area (TPSA) is 68.2 Å². The number of ether oxygens (including phenoxy) is 3. The second kappa shape index (κ2) is 8.09. The maximum absolute atomic E-state index is 12.0. The van der Waals surface area contributed by atoms with Gasteiger partial charge < -0.3 is 24.4 Å². The largest absolute Gasteiger partial charge is 0.508 e. The zero-order valence-corrected chi connectivity index (χ0v) is 17.2. The number of para-hydroxylation sites is 1. The highest BCUT2D eigenvalue weighted by molar-refractivity contribution is 5.38. The number of fused-ring (bicyclic) bond motifs is 2. The zero-order chi connectivity index (χ0) is 21.3. The number of hydrogen-bond donors (Lipinski definition) is 2. The van der Waals surface area contributed by atoms with Crippen molar-refractivity contribution in [3.05, 3.63) is 102 Å². The number of rotatable bonds is 7. The number of phenolic OH excluding ortho intramolecular Hbond substituents is 1. The molecule has 0 aliphatic carbocycles. The molecule has 2 fully saturated rings. The van der Waals surface area contributed by atoms with Gasteiger partial charge in [0.15, 0.2) is 0 Å². The first-order chi connectivity index (χ1) is 15.1. The first-order valence-corrected chi connectivity index (χ1v) is 10.6. The lowest BCUT2D eigenvalue weighted by molar-refractivity contribution is -0.182. The number of benzene rings is 3. The Hall–Kier alpha value is -2.70. The second-order valence-electron chi connectivity index (χ2n) is 8.39. The van der Waals surface area contributed by atoms with E-state index in [0.29, 0.717) is 18.6 Å². The van der Waals surface area contributed by atoms with E-state index in [9.17, 15) is 10.2 Å². The molecular weight excluding hydrogens is 392 g/mol. The molecule has 5 heteroatoms. The summed E-state index contributed by atoms with van der Waals surface area (Å²) in [6, 6.07) is 26.8. The molecule has 0 amide bonds. The highest BCUT2D eigenvalue weighted by Crippen LogP contribution is 2.56. The Morgan fingerprint density at radius 3 is 2.23 bits per heavy atom. The minimum Gasteiger partial charge on any atom is -0.508 e. The van der Waals surface area contributed by atoms with Crippen LogP contribution in [-0.4, -0.2) is 40.7 Å². The Kier molecular flexibility index (Phi) is 5.28. The van der Waals surface area contributed by atoms with E-state index in [2.05, 4.69) is 0 Å². The quantitative estimate of drug-likeness (QED) is 0.611. The molecule has 0 spiro atoms. The molecule has 160 valence electrons. The van der Waals surface area contributed by atoms with Crippen LogP contribution in [0.3, 0.4) is 0 Å². The van der Waals surface area contributed by atoms with E-state index in [0.717, 1.165) is 11.1 Å². The molecule has 2 aliphatic rings. The first kappa shape index (κ1) is 20.2. The van der Waals surface area contributed by atoms with Crippen LogP contribution in [-0.2, 0) is 27.2 Å². The van der Waals surface area contributed by atoms with Gasteiger partial charge in [0.2, 0.25) is 0 Å². The summed E-state index contributed by atoms with van der Waals surface area (Å²) in [5.41, 5.74) is 0.335. The standard InChI is InChI=1S/C26H26O5/c27-22-14-8-7-13-21(22)23-24-26(28,15-19-9-3-1-4-10-19)25(31-23,18-30-24)17-29-16-20-11-5-2-6-12-20/h1-14,23-24,27-28H,15-18H2/t23-,24-,25-,26-/m0/s1. The van der Waals surface area contributed by atoms with Gasteiger partial charge in [0.25, 0.3) is 0 Å². The summed E-state index contributed by atoms with van der Waals surface area (Å²) in [6.45, 7) is 0.838. The molecule has 4 atom stereocenters. The summed E-state index contributed by atoms with van der Waals surface area (Å²) in [5.74, 6) is 0.131. The van der Waals surface area contributed by atoms with Crippen LogP contribution in [0.5, 0.6) is 5.75 Å². The van der Waals surface area contributed by atoms with Gasteiger partial charge >= 0.3 is 0 Å². The smallest absolute Gasteiger partial charge is 0.147 e. The molecule has 0 unspecified atom stereocenters. The molecule has 3 aromatic carbocycles. The van der Waals surface area contributed by atoms with Crippen molar-refractivity contribution >= 4 is 0 Å². The predicted octanol–water partition coefficient (Wildman–Crippen LogP) is 3.79. The van der Waals surface area contributed by atoms with E-state index in [1.165, 1.54) is 0 Å². The van der Waals surface area contributed by atoms with E-state index in [1.54, 1.807) is 12.1 Å². The molecule has 0 aromatic heterocycles. The van der Waals surface area contributed by atoms with Crippen molar-refractivity contribution in [2.75, 3.05) is 13.2 Å². The van der Waals surface area contributed by atoms with Crippen molar-refractivity contribution in [1.29, 1.82) is 0 Å². The van der Waals surface area contributed by atoms with E-state index in [4.69, 9.17) is 14.2 Å². The van der Waals surface area contributed by atoms with Gasteiger partial charge in [-0.25, -0.2) is 0 Å². The maximum Gasteiger partial charge on any atom is 0.147 e. The molecule has 5 nitrogen and oxygen atoms in total. The maximum atomic E-state index is 12.0. The van der Waals surface area contributed by atoms with E-state index >= 15 is 0 Å². The predicted molar refractivity (Wildman–Crippen MR) is 116 cm³/mol. The molecule has 31 heavy (non-hydrogen) atoms. The normalized spacial score (nSPS) is 29.3. The zero-order valence-electron chi connectivity index (χ0n) is 17.2. The summed E-state index contributed by atoms with van der Waals surface area (Å²) in [7, 11) is 0. The van der Waals surface area contributed by atoms with Crippen molar-refractivity contribution in [1.82, 2.24) is 0 Å². The monoisotopic (exact) mass is 418 g/mol. The molecule has 3 aromatic rings. The molecule has 2 saturated heterocycles. The lowest BCUT2D eigenvalue weighted by Crippen LogP contribution is -2.56. The fourth-order valence-electron chi connectivity index (χ4n) is 4.76. The fourth-order valence-corrected chi connectivity index (χ4v) is 4.76. The van der Waals surface area contributed by atoms with Gasteiger partial charge in [-0.1, -0.05) is 78.9 Å². The van der Waals surface area contributed by atoms with E-state index in [1.807, 2.05) is 72.8 Å². The minimum absolute atomic E-state index is 0.131. The third-order valence-corrected chi connectivity index (χ3v) is 6.39. The highest BCUT2D eigenvalue weighted by atomic mass is 16.7. The van der Waals surface area contributed by atoms with Crippen molar-refractivity contribution in [2.45, 2.75) is 36.4 Å². The van der Waals surface area contributed by atoms with Crippen molar-refractivity contribution in [3.8, 4) is 5.75 Å². The summed E-state index contributed by atoms with van der Waals surface area (Å²) in [6.07, 6.45) is -0.817. The third kappa shape index (κ3) is 3.54. The first-order valence-electron chi connectivity index (χ1n) is 10.6. The van der Waals surface area contributed by atoms with E-state index < -0.39 is 23.4 Å². The van der Waals surface area contributed by atoms with Crippen molar-refractivity contribution < 1.29 is 24.4 Å². The Morgan fingerprint density at radius 1 is 0.871 bits per heavy atom. The van der Waals surface area contributed by atoms with Crippen LogP contribution in [0.25, 0.3) is 0 Å². The number of aromatic hydroxyl groups is 1. The van der Waals surface area contributed by atoms with Crippen LogP contribution >= 0.6 is 0 Å². The Balaban J connectivity index is 1.45. The highest BCUT2D eigenvalue weighted by Gasteiger charge is 2.71. The fraction of sp³-hybridized carbons (Fsp3) is 0.308. The number of hydrogen-bond acceptors (Lipinski definition) is 5. The summed E-state index contributed by atoms with van der Waals surface area (Å²) in [5, 5.41) is 22.4. The third-order valence-electron chi connectivity index (χ3n) is 6.39. The van der Waals surface area contributed by atoms with Crippen LogP contribution in [0.4, 0.5) is 0 Å². The molecule has 0 radical (unpaired) electrons. The molecular formula is C26H26O5. The number of aliphatic hydroxyl groups is 1. The van der Waals surface area contributed by atoms with Gasteiger partial charge in [-0.2, -0.15) is 0 Å². The van der Waals surface area contributed by atoms with Gasteiger partial charge in [0.05, 0.1) is 19.8 Å². The molecule has 0 saturated carbocycles. The van der Waals surface area contributed by atoms with Gasteiger partial charge in [-0.3, -0.25) is 0 Å². The molecule has 5 rings (SSSR count). The van der Waals surface area contributed by atoms with Crippen molar-refractivity contribution in [3.63, 3.8) is 0 Å². The summed E-state index contributed by atoms with van der Waals surface area (Å²) < 4.78 is 18.6. The van der Waals surface area contributed by atoms with Crippen molar-refractivity contribution in [2.24, 2.45) is 0 Å². The van der Waals surface area contributed by atoms with Gasteiger partial charge in [-0.15, -0.1) is 0 Å². The van der Waals surface area contributed by atoms with Crippen LogP contribution in [0.15, 0.2) is 84.9 Å². The van der Waals surface area contributed by atoms with Gasteiger partial charge in [-0.05, 0) is 17.2 Å². The molecule has 2 heterocycles. The van der Waals surface area contributed by atoms with Crippen LogP contribution in [0.1, 0.15) is 22.8 Å². The minimum atomic E-state index is -1.29. The number of phenols is 1. The molecule has 2 N–H and O–H groups in total. The second-order valence-corrected chi connectivity index (χ2v) is 8.39. The van der Waals surface area contributed by atoms with Crippen LogP contribution < -0.4 is 0 Å². The lowest BCUT2D eigenvalue weighted by Gasteiger charge is -2.36. The van der Waals surface area contributed by atoms with Gasteiger partial charge in [0.1, 0.15) is 29.2 Å². The van der Waals surface area contributed by atoms with E-state index in [-0.39, 0.29) is 19.0 Å². The Labute approximate surface area is 181 Å². The molecule has 2 bridgehead atoms. The average Bonchev–Trinajstić information content (AvgIpc) is 3.19. The summed E-state index contributed by atoms with van der Waals surface area (Å²) in [4.78, 5) is 0. The summed E-state index contributed by atoms with van der Waals surface area (Å²) >= 11 is 0. The molecule has 2 aliphatic heterocycles. The Morgan fingerprint density at radius 2 is 1.52 bits per heavy atom. The average molecular weight is 418 g/mol. The van der Waals surface area contributed by atoms with Crippen LogP contribution in [0, 0.1) is 0 Å². The SMILES string of the molecule is Oc1ccccc1[C@@H]1O[C@@]2(COCc3ccccc3)CO[C@@H]1[C@@]2(O)Cc1ccccc1. The Bertz CT molecular complexity index is 1020. The van der Waals surface area contributed by atoms with Crippen LogP contribution in [0.2, 0.25) is 0 Å².